The Morgan fingerprint density at radius 1 is 1.44 bits per heavy atom. The summed E-state index contributed by atoms with van der Waals surface area (Å²) in [6, 6.07) is 6.25. The number of phenols is 1. The standard InChI is InChI=1S/C14H19NO/c1-3-11-7-8-13(11)15-9-12-6-4-5-10(2)14(12)16/h4-6,9,11,13,16H,3,7-8H2,1-2H3. The third-order valence-corrected chi connectivity index (χ3v) is 3.58. The first-order valence-electron chi connectivity index (χ1n) is 6.04. The Balaban J connectivity index is 2.09. The van der Waals surface area contributed by atoms with Crippen molar-refractivity contribution in [1.82, 2.24) is 0 Å². The molecule has 0 amide bonds. The Bertz CT molecular complexity index is 396. The van der Waals surface area contributed by atoms with Crippen molar-refractivity contribution in [2.24, 2.45) is 10.9 Å². The van der Waals surface area contributed by atoms with Crippen molar-refractivity contribution in [3.05, 3.63) is 29.3 Å². The minimum atomic E-state index is 0.360. The molecule has 2 nitrogen and oxygen atoms in total. The number of nitrogens with zero attached hydrogens (tertiary/aromatic N) is 1. The lowest BCUT2D eigenvalue weighted by molar-refractivity contribution is 0.252. The molecule has 2 rings (SSSR count). The smallest absolute Gasteiger partial charge is 0.127 e. The molecule has 0 heterocycles. The van der Waals surface area contributed by atoms with E-state index < -0.39 is 0 Å². The molecule has 0 bridgehead atoms. The van der Waals surface area contributed by atoms with Crippen molar-refractivity contribution < 1.29 is 5.11 Å². The zero-order chi connectivity index (χ0) is 11.5. The molecule has 1 aliphatic rings. The summed E-state index contributed by atoms with van der Waals surface area (Å²) < 4.78 is 0. The van der Waals surface area contributed by atoms with Gasteiger partial charge in [-0.25, -0.2) is 0 Å². The minimum Gasteiger partial charge on any atom is -0.507 e. The predicted molar refractivity (Wildman–Crippen MR) is 67.2 cm³/mol. The van der Waals surface area contributed by atoms with Gasteiger partial charge >= 0.3 is 0 Å². The second-order valence-corrected chi connectivity index (χ2v) is 4.60. The van der Waals surface area contributed by atoms with Gasteiger partial charge in [0.1, 0.15) is 5.75 Å². The van der Waals surface area contributed by atoms with Gasteiger partial charge in [-0.1, -0.05) is 25.5 Å². The molecule has 0 saturated heterocycles. The van der Waals surface area contributed by atoms with Crippen LogP contribution in [0.1, 0.15) is 37.3 Å². The molecule has 16 heavy (non-hydrogen) atoms. The summed E-state index contributed by atoms with van der Waals surface area (Å²) >= 11 is 0. The van der Waals surface area contributed by atoms with E-state index in [0.717, 1.165) is 17.0 Å². The number of benzene rings is 1. The topological polar surface area (TPSA) is 32.6 Å². The molecular weight excluding hydrogens is 198 g/mol. The molecule has 2 atom stereocenters. The third-order valence-electron chi connectivity index (χ3n) is 3.58. The fraction of sp³-hybridized carbons (Fsp3) is 0.500. The number of aromatic hydroxyl groups is 1. The van der Waals surface area contributed by atoms with E-state index in [-0.39, 0.29) is 0 Å². The summed E-state index contributed by atoms with van der Waals surface area (Å²) in [4.78, 5) is 4.57. The number of para-hydroxylation sites is 1. The van der Waals surface area contributed by atoms with Gasteiger partial charge in [-0.15, -0.1) is 0 Å². The van der Waals surface area contributed by atoms with Crippen LogP contribution in [0.25, 0.3) is 0 Å². The Hall–Kier alpha value is -1.31. The first-order chi connectivity index (χ1) is 7.72. The molecule has 0 aromatic heterocycles. The second kappa shape index (κ2) is 4.69. The zero-order valence-electron chi connectivity index (χ0n) is 9.98. The van der Waals surface area contributed by atoms with Crippen molar-refractivity contribution in [3.8, 4) is 5.75 Å². The van der Waals surface area contributed by atoms with E-state index >= 15 is 0 Å². The summed E-state index contributed by atoms with van der Waals surface area (Å²) in [5.41, 5.74) is 1.74. The first-order valence-corrected chi connectivity index (χ1v) is 6.04. The van der Waals surface area contributed by atoms with Gasteiger partial charge in [-0.3, -0.25) is 4.99 Å². The van der Waals surface area contributed by atoms with Gasteiger partial charge in [0, 0.05) is 11.8 Å². The monoisotopic (exact) mass is 217 g/mol. The third kappa shape index (κ3) is 2.11. The van der Waals surface area contributed by atoms with E-state index in [0.29, 0.717) is 11.8 Å². The number of hydrogen-bond donors (Lipinski definition) is 1. The molecule has 1 saturated carbocycles. The van der Waals surface area contributed by atoms with E-state index in [4.69, 9.17) is 0 Å². The summed E-state index contributed by atoms with van der Waals surface area (Å²) in [5, 5.41) is 9.83. The first kappa shape index (κ1) is 11.2. The SMILES string of the molecule is CCC1CCC1N=Cc1cccc(C)c1O. The molecule has 1 aliphatic carbocycles. The molecule has 2 heteroatoms. The minimum absolute atomic E-state index is 0.360. The van der Waals surface area contributed by atoms with Crippen LogP contribution in [0, 0.1) is 12.8 Å². The molecule has 0 radical (unpaired) electrons. The Morgan fingerprint density at radius 3 is 2.88 bits per heavy atom. The van der Waals surface area contributed by atoms with E-state index in [1.54, 1.807) is 0 Å². The van der Waals surface area contributed by atoms with Gasteiger partial charge in [0.25, 0.3) is 0 Å². The van der Waals surface area contributed by atoms with Gasteiger partial charge in [0.2, 0.25) is 0 Å². The molecule has 0 aliphatic heterocycles. The number of aryl methyl sites for hydroxylation is 1. The second-order valence-electron chi connectivity index (χ2n) is 4.60. The number of aliphatic imine (C=N–C) groups is 1. The van der Waals surface area contributed by atoms with Crippen LogP contribution in [0.2, 0.25) is 0 Å². The molecule has 86 valence electrons. The molecular formula is C14H19NO. The van der Waals surface area contributed by atoms with Crippen LogP contribution in [0.3, 0.4) is 0 Å². The Kier molecular flexibility index (Phi) is 3.28. The molecule has 1 aromatic carbocycles. The van der Waals surface area contributed by atoms with E-state index in [1.807, 2.05) is 31.3 Å². The average Bonchev–Trinajstić information content (AvgIpc) is 2.23. The quantitative estimate of drug-likeness (QED) is 0.774. The Morgan fingerprint density at radius 2 is 2.25 bits per heavy atom. The van der Waals surface area contributed by atoms with Crippen molar-refractivity contribution in [2.45, 2.75) is 39.2 Å². The molecule has 2 unspecified atom stereocenters. The van der Waals surface area contributed by atoms with E-state index in [1.165, 1.54) is 19.3 Å². The maximum absolute atomic E-state index is 9.83. The van der Waals surface area contributed by atoms with Crippen molar-refractivity contribution in [1.29, 1.82) is 0 Å². The van der Waals surface area contributed by atoms with Crippen LogP contribution in [0.4, 0.5) is 0 Å². The van der Waals surface area contributed by atoms with Crippen molar-refractivity contribution in [2.75, 3.05) is 0 Å². The van der Waals surface area contributed by atoms with Crippen LogP contribution < -0.4 is 0 Å². The van der Waals surface area contributed by atoms with E-state index in [9.17, 15) is 5.11 Å². The van der Waals surface area contributed by atoms with Gasteiger partial charge in [0.15, 0.2) is 0 Å². The highest BCUT2D eigenvalue weighted by Crippen LogP contribution is 2.33. The predicted octanol–water partition coefficient (Wildman–Crippen LogP) is 3.31. The van der Waals surface area contributed by atoms with Crippen LogP contribution >= 0.6 is 0 Å². The normalized spacial score (nSPS) is 24.6. The zero-order valence-corrected chi connectivity index (χ0v) is 9.98. The summed E-state index contributed by atoms with van der Waals surface area (Å²) in [6.07, 6.45) is 5.54. The van der Waals surface area contributed by atoms with Crippen molar-refractivity contribution >= 4 is 6.21 Å². The molecule has 1 aromatic rings. The fourth-order valence-corrected chi connectivity index (χ4v) is 2.19. The Labute approximate surface area is 97.0 Å². The molecule has 1 N–H and O–H groups in total. The largest absolute Gasteiger partial charge is 0.507 e. The number of rotatable bonds is 3. The van der Waals surface area contributed by atoms with Crippen LogP contribution in [0.5, 0.6) is 5.75 Å². The van der Waals surface area contributed by atoms with Crippen LogP contribution in [-0.4, -0.2) is 17.4 Å². The van der Waals surface area contributed by atoms with Crippen LogP contribution in [-0.2, 0) is 0 Å². The maximum Gasteiger partial charge on any atom is 0.127 e. The van der Waals surface area contributed by atoms with Crippen LogP contribution in [0.15, 0.2) is 23.2 Å². The molecule has 0 spiro atoms. The summed E-state index contributed by atoms with van der Waals surface area (Å²) in [7, 11) is 0. The maximum atomic E-state index is 9.83. The average molecular weight is 217 g/mol. The fourth-order valence-electron chi connectivity index (χ4n) is 2.19. The summed E-state index contributed by atoms with van der Waals surface area (Å²) in [5.74, 6) is 1.11. The lowest BCUT2D eigenvalue weighted by Crippen LogP contribution is -2.29. The number of phenolic OH excluding ortho intramolecular Hbond substituents is 1. The highest BCUT2D eigenvalue weighted by molar-refractivity contribution is 5.84. The summed E-state index contributed by atoms with van der Waals surface area (Å²) in [6.45, 7) is 4.13. The highest BCUT2D eigenvalue weighted by atomic mass is 16.3. The van der Waals surface area contributed by atoms with Gasteiger partial charge in [-0.05, 0) is 37.3 Å². The van der Waals surface area contributed by atoms with Gasteiger partial charge < -0.3 is 5.11 Å². The van der Waals surface area contributed by atoms with E-state index in [2.05, 4.69) is 11.9 Å². The molecule has 1 fully saturated rings. The lowest BCUT2D eigenvalue weighted by atomic mass is 9.78. The van der Waals surface area contributed by atoms with Gasteiger partial charge in [0.05, 0.1) is 6.04 Å². The highest BCUT2D eigenvalue weighted by Gasteiger charge is 2.27. The van der Waals surface area contributed by atoms with Crippen molar-refractivity contribution in [3.63, 3.8) is 0 Å². The lowest BCUT2D eigenvalue weighted by Gasteiger charge is -2.32. The number of hydrogen-bond acceptors (Lipinski definition) is 2. The van der Waals surface area contributed by atoms with Gasteiger partial charge in [-0.2, -0.15) is 0 Å².